The summed E-state index contributed by atoms with van der Waals surface area (Å²) >= 11 is 0. The molecule has 0 bridgehead atoms. The van der Waals surface area contributed by atoms with E-state index in [1.807, 2.05) is 12.1 Å². The fraction of sp³-hybridized carbons (Fsp3) is 0.333. The summed E-state index contributed by atoms with van der Waals surface area (Å²) < 4.78 is 32.8. The molecule has 9 heteroatoms. The number of sulfonamides is 1. The van der Waals surface area contributed by atoms with Gasteiger partial charge >= 0.3 is 0 Å². The minimum Gasteiger partial charge on any atom is -0.497 e. The number of methoxy groups -OCH3 is 1. The number of rotatable bonds is 7. The maximum Gasteiger partial charge on any atom is 0.255 e. The molecule has 8 nitrogen and oxygen atoms in total. The average Bonchev–Trinajstić information content (AvgIpc) is 2.93. The van der Waals surface area contributed by atoms with E-state index in [1.54, 1.807) is 48.5 Å². The van der Waals surface area contributed by atoms with Crippen LogP contribution >= 0.6 is 0 Å². The highest BCUT2D eigenvalue weighted by atomic mass is 32.2. The van der Waals surface area contributed by atoms with Gasteiger partial charge in [0, 0.05) is 30.0 Å². The third kappa shape index (κ3) is 6.85. The largest absolute Gasteiger partial charge is 0.497 e. The van der Waals surface area contributed by atoms with Gasteiger partial charge in [0.2, 0.25) is 15.9 Å². The molecule has 0 aliphatic carbocycles. The van der Waals surface area contributed by atoms with E-state index in [4.69, 9.17) is 4.74 Å². The van der Waals surface area contributed by atoms with E-state index in [9.17, 15) is 18.0 Å². The Balaban J connectivity index is 1.39. The Bertz CT molecular complexity index is 1430. The molecule has 39 heavy (non-hydrogen) atoms. The maximum absolute atomic E-state index is 13.2. The standard InChI is InChI=1S/C30H35N3O5S/c1-30(2,3)23-12-10-21(11-13-23)28(34)31-24-8-5-9-25(19-24)32-29(35)22-7-6-18-33(20-22)39(36,37)27-16-14-26(38-4)15-17-27/h5,8-17,19,22H,6-7,18,20H2,1-4H3,(H,31,34)(H,32,35)/t22-/m1/s1. The topological polar surface area (TPSA) is 105 Å². The van der Waals surface area contributed by atoms with Crippen molar-refractivity contribution in [2.45, 2.75) is 43.9 Å². The Morgan fingerprint density at radius 2 is 1.56 bits per heavy atom. The van der Waals surface area contributed by atoms with E-state index in [1.165, 1.54) is 23.5 Å². The van der Waals surface area contributed by atoms with Crippen LogP contribution in [0.15, 0.2) is 77.7 Å². The Morgan fingerprint density at radius 1 is 0.923 bits per heavy atom. The van der Waals surface area contributed by atoms with E-state index in [0.29, 0.717) is 42.1 Å². The summed E-state index contributed by atoms with van der Waals surface area (Å²) in [5.41, 5.74) is 2.75. The number of hydrogen-bond donors (Lipinski definition) is 2. The second kappa shape index (κ2) is 11.6. The van der Waals surface area contributed by atoms with Crippen molar-refractivity contribution in [3.63, 3.8) is 0 Å². The lowest BCUT2D eigenvalue weighted by Gasteiger charge is -2.31. The summed E-state index contributed by atoms with van der Waals surface area (Å²) in [5.74, 6) is -0.426. The van der Waals surface area contributed by atoms with Crippen molar-refractivity contribution in [3.8, 4) is 5.75 Å². The van der Waals surface area contributed by atoms with Gasteiger partial charge in [-0.3, -0.25) is 9.59 Å². The van der Waals surface area contributed by atoms with Crippen LogP contribution in [0.3, 0.4) is 0 Å². The first kappa shape index (κ1) is 28.3. The summed E-state index contributed by atoms with van der Waals surface area (Å²) in [4.78, 5) is 26.0. The van der Waals surface area contributed by atoms with Crippen molar-refractivity contribution in [1.82, 2.24) is 4.31 Å². The van der Waals surface area contributed by atoms with E-state index < -0.39 is 15.9 Å². The fourth-order valence-corrected chi connectivity index (χ4v) is 6.04. The Morgan fingerprint density at radius 3 is 2.18 bits per heavy atom. The highest BCUT2D eigenvalue weighted by Gasteiger charge is 2.33. The fourth-order valence-electron chi connectivity index (χ4n) is 4.52. The normalized spacial score (nSPS) is 16.4. The van der Waals surface area contributed by atoms with Crippen molar-refractivity contribution in [2.75, 3.05) is 30.8 Å². The molecule has 4 rings (SSSR count). The van der Waals surface area contributed by atoms with E-state index in [0.717, 1.165) is 5.56 Å². The molecule has 0 saturated carbocycles. The number of piperidine rings is 1. The molecule has 3 aromatic carbocycles. The summed E-state index contributed by atoms with van der Waals surface area (Å²) in [6.07, 6.45) is 1.17. The lowest BCUT2D eigenvalue weighted by atomic mass is 9.87. The smallest absolute Gasteiger partial charge is 0.255 e. The van der Waals surface area contributed by atoms with Crippen LogP contribution < -0.4 is 15.4 Å². The third-order valence-corrected chi connectivity index (χ3v) is 8.73. The third-order valence-electron chi connectivity index (χ3n) is 6.85. The van der Waals surface area contributed by atoms with E-state index >= 15 is 0 Å². The summed E-state index contributed by atoms with van der Waals surface area (Å²) in [6.45, 7) is 6.81. The number of nitrogens with one attached hydrogen (secondary N) is 2. The number of ether oxygens (including phenoxy) is 1. The van der Waals surface area contributed by atoms with Gasteiger partial charge in [-0.15, -0.1) is 0 Å². The summed E-state index contributed by atoms with van der Waals surface area (Å²) in [5, 5.41) is 5.76. The van der Waals surface area contributed by atoms with Gasteiger partial charge in [0.1, 0.15) is 5.75 Å². The maximum atomic E-state index is 13.2. The summed E-state index contributed by atoms with van der Waals surface area (Å²) in [7, 11) is -2.21. The molecule has 1 aliphatic rings. The van der Waals surface area contributed by atoms with Crippen LogP contribution in [0, 0.1) is 5.92 Å². The SMILES string of the molecule is COc1ccc(S(=O)(=O)N2CCC[C@@H](C(=O)Nc3cccc(NC(=O)c4ccc(C(C)(C)C)cc4)c3)C2)cc1. The highest BCUT2D eigenvalue weighted by molar-refractivity contribution is 7.89. The molecular formula is C30H35N3O5S. The van der Waals surface area contributed by atoms with Gasteiger partial charge in [0.05, 0.1) is 17.9 Å². The van der Waals surface area contributed by atoms with E-state index in [2.05, 4.69) is 31.4 Å². The monoisotopic (exact) mass is 549 g/mol. The predicted molar refractivity (Wildman–Crippen MR) is 153 cm³/mol. The number of carbonyl (C=O) groups excluding carboxylic acids is 2. The number of nitrogens with zero attached hydrogens (tertiary/aromatic N) is 1. The molecule has 1 saturated heterocycles. The van der Waals surface area contributed by atoms with Crippen LogP contribution in [0.2, 0.25) is 0 Å². The first-order valence-corrected chi connectivity index (χ1v) is 14.4. The molecular weight excluding hydrogens is 514 g/mol. The molecule has 1 aliphatic heterocycles. The minimum atomic E-state index is -3.73. The Hall–Kier alpha value is -3.69. The van der Waals surface area contributed by atoms with Gasteiger partial charge < -0.3 is 15.4 Å². The molecule has 2 N–H and O–H groups in total. The van der Waals surface area contributed by atoms with Crippen molar-refractivity contribution >= 4 is 33.2 Å². The van der Waals surface area contributed by atoms with Gasteiger partial charge in [0.15, 0.2) is 0 Å². The highest BCUT2D eigenvalue weighted by Crippen LogP contribution is 2.27. The molecule has 3 aromatic rings. The zero-order valence-corrected chi connectivity index (χ0v) is 23.5. The van der Waals surface area contributed by atoms with Crippen LogP contribution in [0.25, 0.3) is 0 Å². The van der Waals surface area contributed by atoms with Crippen molar-refractivity contribution < 1.29 is 22.7 Å². The predicted octanol–water partition coefficient (Wildman–Crippen LogP) is 5.28. The summed E-state index contributed by atoms with van der Waals surface area (Å²) in [6, 6.07) is 20.7. The minimum absolute atomic E-state index is 0.00320. The number of benzene rings is 3. The van der Waals surface area contributed by atoms with E-state index in [-0.39, 0.29) is 28.7 Å². The van der Waals surface area contributed by atoms with Gasteiger partial charge in [-0.05, 0) is 78.4 Å². The zero-order chi connectivity index (χ0) is 28.2. The van der Waals surface area contributed by atoms with Gasteiger partial charge in [-0.2, -0.15) is 4.31 Å². The van der Waals surface area contributed by atoms with Crippen LogP contribution in [0.4, 0.5) is 11.4 Å². The van der Waals surface area contributed by atoms with Crippen LogP contribution in [-0.4, -0.2) is 44.7 Å². The van der Waals surface area contributed by atoms with Crippen LogP contribution in [-0.2, 0) is 20.2 Å². The van der Waals surface area contributed by atoms with Crippen molar-refractivity contribution in [2.24, 2.45) is 5.92 Å². The number of carbonyl (C=O) groups is 2. The quantitative estimate of drug-likeness (QED) is 0.417. The molecule has 0 spiro atoms. The number of amides is 2. The molecule has 2 amide bonds. The van der Waals surface area contributed by atoms with Crippen LogP contribution in [0.1, 0.15) is 49.5 Å². The average molecular weight is 550 g/mol. The Labute approximate surface area is 230 Å². The number of hydrogen-bond acceptors (Lipinski definition) is 5. The van der Waals surface area contributed by atoms with Gasteiger partial charge in [0.25, 0.3) is 5.91 Å². The Kier molecular flexibility index (Phi) is 8.42. The van der Waals surface area contributed by atoms with Gasteiger partial charge in [-0.1, -0.05) is 39.0 Å². The lowest BCUT2D eigenvalue weighted by Crippen LogP contribution is -2.43. The van der Waals surface area contributed by atoms with Gasteiger partial charge in [-0.25, -0.2) is 8.42 Å². The van der Waals surface area contributed by atoms with Crippen LogP contribution in [0.5, 0.6) is 5.75 Å². The molecule has 206 valence electrons. The first-order chi connectivity index (χ1) is 18.5. The molecule has 1 fully saturated rings. The number of anilines is 2. The first-order valence-electron chi connectivity index (χ1n) is 12.9. The second-order valence-corrected chi connectivity index (χ2v) is 12.7. The second-order valence-electron chi connectivity index (χ2n) is 10.7. The molecule has 0 unspecified atom stereocenters. The zero-order valence-electron chi connectivity index (χ0n) is 22.7. The molecule has 1 heterocycles. The molecule has 0 aromatic heterocycles. The molecule has 1 atom stereocenters. The van der Waals surface area contributed by atoms with Crippen molar-refractivity contribution in [3.05, 3.63) is 83.9 Å². The van der Waals surface area contributed by atoms with Crippen molar-refractivity contribution in [1.29, 1.82) is 0 Å². The lowest BCUT2D eigenvalue weighted by molar-refractivity contribution is -0.120. The molecule has 0 radical (unpaired) electrons.